The van der Waals surface area contributed by atoms with Crippen molar-refractivity contribution in [2.75, 3.05) is 0 Å². The Bertz CT molecular complexity index is 353. The van der Waals surface area contributed by atoms with Crippen molar-refractivity contribution in [3.63, 3.8) is 0 Å². The Kier molecular flexibility index (Phi) is 4.03. The van der Waals surface area contributed by atoms with Gasteiger partial charge in [0.05, 0.1) is 5.56 Å². The Labute approximate surface area is 89.8 Å². The smallest absolute Gasteiger partial charge is 0.340 e. The average molecular weight is 205 g/mol. The Hall–Kier alpha value is -1.64. The van der Waals surface area contributed by atoms with E-state index in [2.05, 4.69) is 4.98 Å². The normalized spacial score (nSPS) is 11.7. The van der Waals surface area contributed by atoms with Crippen LogP contribution in [0.2, 0.25) is 0 Å². The first-order valence-electron chi connectivity index (χ1n) is 4.85. The highest BCUT2D eigenvalue weighted by Crippen LogP contribution is 2.04. The summed E-state index contributed by atoms with van der Waals surface area (Å²) in [6.45, 7) is 5.77. The quantitative estimate of drug-likeness (QED) is 0.562. The molecule has 0 radical (unpaired) electrons. The van der Waals surface area contributed by atoms with Gasteiger partial charge in [0.15, 0.2) is 0 Å². The lowest BCUT2D eigenvalue weighted by molar-refractivity contribution is 0.0423. The molecule has 0 aliphatic heterocycles. The van der Waals surface area contributed by atoms with Crippen molar-refractivity contribution < 1.29 is 9.53 Å². The largest absolute Gasteiger partial charge is 0.455 e. The van der Waals surface area contributed by atoms with Crippen LogP contribution >= 0.6 is 0 Å². The van der Waals surface area contributed by atoms with Gasteiger partial charge in [-0.25, -0.2) is 4.79 Å². The molecule has 0 saturated carbocycles. The molecule has 15 heavy (non-hydrogen) atoms. The lowest BCUT2D eigenvalue weighted by Gasteiger charge is -2.09. The van der Waals surface area contributed by atoms with Crippen molar-refractivity contribution in [2.45, 2.75) is 26.9 Å². The maximum atomic E-state index is 11.5. The Balaban J connectivity index is 2.61. The summed E-state index contributed by atoms with van der Waals surface area (Å²) in [5, 5.41) is 0. The van der Waals surface area contributed by atoms with Crippen LogP contribution in [-0.2, 0) is 4.74 Å². The summed E-state index contributed by atoms with van der Waals surface area (Å²) in [6, 6.07) is 3.40. The summed E-state index contributed by atoms with van der Waals surface area (Å²) in [5.41, 5.74) is 1.60. The van der Waals surface area contributed by atoms with Gasteiger partial charge in [0.25, 0.3) is 0 Å². The molecule has 0 amide bonds. The number of aromatic nitrogens is 1. The zero-order valence-corrected chi connectivity index (χ0v) is 9.23. The molecule has 0 bridgehead atoms. The standard InChI is InChI=1S/C12H15NO2/c1-9(2)7-10(3)15-12(14)11-5-4-6-13-8-11/h4-8,10H,1-3H3. The number of carbonyl (C=O) groups is 1. The second-order valence-electron chi connectivity index (χ2n) is 3.60. The summed E-state index contributed by atoms with van der Waals surface area (Å²) >= 11 is 0. The van der Waals surface area contributed by atoms with E-state index >= 15 is 0 Å². The van der Waals surface area contributed by atoms with Crippen LogP contribution in [0, 0.1) is 0 Å². The third-order valence-electron chi connectivity index (χ3n) is 1.76. The molecule has 0 N–H and O–H groups in total. The molecule has 0 aromatic carbocycles. The first-order valence-corrected chi connectivity index (χ1v) is 4.85. The van der Waals surface area contributed by atoms with Gasteiger partial charge >= 0.3 is 5.97 Å². The van der Waals surface area contributed by atoms with E-state index in [1.54, 1.807) is 18.3 Å². The van der Waals surface area contributed by atoms with Crippen molar-refractivity contribution in [2.24, 2.45) is 0 Å². The molecule has 0 fully saturated rings. The van der Waals surface area contributed by atoms with Crippen LogP contribution in [0.5, 0.6) is 0 Å². The number of nitrogens with zero attached hydrogens (tertiary/aromatic N) is 1. The molecule has 0 aliphatic carbocycles. The average Bonchev–Trinajstić information content (AvgIpc) is 2.17. The molecule has 80 valence electrons. The summed E-state index contributed by atoms with van der Waals surface area (Å²) in [7, 11) is 0. The van der Waals surface area contributed by atoms with E-state index in [-0.39, 0.29) is 12.1 Å². The molecule has 3 nitrogen and oxygen atoms in total. The van der Waals surface area contributed by atoms with Crippen LogP contribution in [-0.4, -0.2) is 17.1 Å². The predicted molar refractivity (Wildman–Crippen MR) is 58.5 cm³/mol. The topological polar surface area (TPSA) is 39.2 Å². The fourth-order valence-electron chi connectivity index (χ4n) is 1.22. The highest BCUT2D eigenvalue weighted by molar-refractivity contribution is 5.89. The second kappa shape index (κ2) is 5.29. The molecule has 0 aliphatic rings. The highest BCUT2D eigenvalue weighted by Gasteiger charge is 2.09. The van der Waals surface area contributed by atoms with Crippen LogP contribution in [0.1, 0.15) is 31.1 Å². The molecule has 3 heteroatoms. The van der Waals surface area contributed by atoms with E-state index in [0.717, 1.165) is 5.57 Å². The molecule has 1 atom stereocenters. The van der Waals surface area contributed by atoms with Gasteiger partial charge in [0, 0.05) is 12.4 Å². The molecule has 1 aromatic rings. The van der Waals surface area contributed by atoms with Crippen LogP contribution < -0.4 is 0 Å². The molecule has 0 spiro atoms. The number of rotatable bonds is 3. The van der Waals surface area contributed by atoms with Gasteiger partial charge in [0.2, 0.25) is 0 Å². The number of hydrogen-bond acceptors (Lipinski definition) is 3. The number of carbonyl (C=O) groups excluding carboxylic acids is 1. The van der Waals surface area contributed by atoms with Crippen molar-refractivity contribution in [1.82, 2.24) is 4.98 Å². The molecule has 1 aromatic heterocycles. The Morgan fingerprint density at radius 3 is 2.80 bits per heavy atom. The summed E-state index contributed by atoms with van der Waals surface area (Å²) < 4.78 is 5.19. The minimum atomic E-state index is -0.340. The van der Waals surface area contributed by atoms with Crippen LogP contribution in [0.15, 0.2) is 36.2 Å². The van der Waals surface area contributed by atoms with Gasteiger partial charge in [-0.15, -0.1) is 0 Å². The fraction of sp³-hybridized carbons (Fsp3) is 0.333. The minimum absolute atomic E-state index is 0.206. The summed E-state index contributed by atoms with van der Waals surface area (Å²) in [5.74, 6) is -0.340. The highest BCUT2D eigenvalue weighted by atomic mass is 16.5. The molecular weight excluding hydrogens is 190 g/mol. The van der Waals surface area contributed by atoms with E-state index in [1.807, 2.05) is 26.8 Å². The van der Waals surface area contributed by atoms with Gasteiger partial charge in [-0.05, 0) is 39.0 Å². The number of esters is 1. The summed E-state index contributed by atoms with van der Waals surface area (Å²) in [6.07, 6.45) is 4.81. The van der Waals surface area contributed by atoms with Gasteiger partial charge < -0.3 is 4.74 Å². The number of pyridine rings is 1. The van der Waals surface area contributed by atoms with Crippen LogP contribution in [0.3, 0.4) is 0 Å². The molecule has 1 heterocycles. The zero-order chi connectivity index (χ0) is 11.3. The van der Waals surface area contributed by atoms with E-state index in [4.69, 9.17) is 4.74 Å². The van der Waals surface area contributed by atoms with Gasteiger partial charge in [-0.1, -0.05) is 5.57 Å². The van der Waals surface area contributed by atoms with Crippen molar-refractivity contribution in [3.05, 3.63) is 41.7 Å². The number of ether oxygens (including phenoxy) is 1. The maximum absolute atomic E-state index is 11.5. The van der Waals surface area contributed by atoms with E-state index < -0.39 is 0 Å². The van der Waals surface area contributed by atoms with E-state index in [0.29, 0.717) is 5.56 Å². The minimum Gasteiger partial charge on any atom is -0.455 e. The van der Waals surface area contributed by atoms with Gasteiger partial charge in [0.1, 0.15) is 6.10 Å². The van der Waals surface area contributed by atoms with Crippen molar-refractivity contribution in [1.29, 1.82) is 0 Å². The molecule has 1 rings (SSSR count). The second-order valence-corrected chi connectivity index (χ2v) is 3.60. The maximum Gasteiger partial charge on any atom is 0.340 e. The van der Waals surface area contributed by atoms with Gasteiger partial charge in [-0.3, -0.25) is 4.98 Å². The third-order valence-corrected chi connectivity index (χ3v) is 1.76. The lowest BCUT2D eigenvalue weighted by atomic mass is 10.2. The zero-order valence-electron chi connectivity index (χ0n) is 9.23. The molecule has 1 unspecified atom stereocenters. The fourth-order valence-corrected chi connectivity index (χ4v) is 1.22. The third kappa shape index (κ3) is 3.94. The van der Waals surface area contributed by atoms with Gasteiger partial charge in [-0.2, -0.15) is 0 Å². The Morgan fingerprint density at radius 1 is 1.53 bits per heavy atom. The number of hydrogen-bond donors (Lipinski definition) is 0. The number of allylic oxidation sites excluding steroid dienone is 1. The molecular formula is C12H15NO2. The monoisotopic (exact) mass is 205 g/mol. The van der Waals surface area contributed by atoms with Crippen molar-refractivity contribution in [3.8, 4) is 0 Å². The van der Waals surface area contributed by atoms with Crippen LogP contribution in [0.25, 0.3) is 0 Å². The SMILES string of the molecule is CC(C)=CC(C)OC(=O)c1cccnc1. The van der Waals surface area contributed by atoms with E-state index in [1.165, 1.54) is 6.20 Å². The lowest BCUT2D eigenvalue weighted by Crippen LogP contribution is -2.13. The first-order chi connectivity index (χ1) is 7.09. The van der Waals surface area contributed by atoms with Crippen molar-refractivity contribution >= 4 is 5.97 Å². The summed E-state index contributed by atoms with van der Waals surface area (Å²) in [4.78, 5) is 15.4. The van der Waals surface area contributed by atoms with Crippen LogP contribution in [0.4, 0.5) is 0 Å². The predicted octanol–water partition coefficient (Wildman–Crippen LogP) is 2.59. The molecule has 0 saturated heterocycles. The Morgan fingerprint density at radius 2 is 2.27 bits per heavy atom. The van der Waals surface area contributed by atoms with E-state index in [9.17, 15) is 4.79 Å². The first kappa shape index (κ1) is 11.4.